The van der Waals surface area contributed by atoms with Crippen molar-refractivity contribution < 1.29 is 14.0 Å². The van der Waals surface area contributed by atoms with E-state index in [9.17, 15) is 4.55 Å². The van der Waals surface area contributed by atoms with Crippen LogP contribution in [0, 0.1) is 6.92 Å². The van der Waals surface area contributed by atoms with Crippen LogP contribution in [0.3, 0.4) is 0 Å². The Morgan fingerprint density at radius 3 is 2.81 bits per heavy atom. The van der Waals surface area contributed by atoms with Crippen molar-refractivity contribution in [3.8, 4) is 5.75 Å². The highest BCUT2D eigenvalue weighted by atomic mass is 32.2. The molecule has 2 heterocycles. The number of aromatic nitrogens is 3. The lowest BCUT2D eigenvalue weighted by Crippen LogP contribution is -2.14. The first kappa shape index (κ1) is 18.8. The van der Waals surface area contributed by atoms with E-state index >= 15 is 0 Å². The Kier molecular flexibility index (Phi) is 6.18. The maximum atomic E-state index is 12.9. The van der Waals surface area contributed by atoms with Gasteiger partial charge >= 0.3 is 5.16 Å². The molecule has 0 aliphatic carbocycles. The van der Waals surface area contributed by atoms with Crippen molar-refractivity contribution in [2.24, 2.45) is 0 Å². The van der Waals surface area contributed by atoms with Crippen molar-refractivity contribution in [1.29, 1.82) is 0 Å². The summed E-state index contributed by atoms with van der Waals surface area (Å²) in [5.74, 6) is 1.08. The zero-order valence-electron chi connectivity index (χ0n) is 15.3. The van der Waals surface area contributed by atoms with Gasteiger partial charge in [-0.25, -0.2) is 0 Å². The summed E-state index contributed by atoms with van der Waals surface area (Å²) in [6.07, 6.45) is 2.51. The molecule has 0 saturated carbocycles. The van der Waals surface area contributed by atoms with Gasteiger partial charge in [-0.2, -0.15) is 4.98 Å². The number of methoxy groups -OCH3 is 1. The second kappa shape index (κ2) is 8.57. The summed E-state index contributed by atoms with van der Waals surface area (Å²) in [7, 11) is 3.56. The van der Waals surface area contributed by atoms with Crippen LogP contribution in [0.15, 0.2) is 41.7 Å². The minimum Gasteiger partial charge on any atom is -0.609 e. The number of nitrogens with zero attached hydrogens (tertiary/aromatic N) is 3. The van der Waals surface area contributed by atoms with E-state index in [1.807, 2.05) is 49.7 Å². The highest BCUT2D eigenvalue weighted by molar-refractivity contribution is 7.90. The normalized spacial score (nSPS) is 12.4. The van der Waals surface area contributed by atoms with Gasteiger partial charge in [-0.1, -0.05) is 12.1 Å². The minimum atomic E-state index is -1.29. The standard InChI is InChI=1S/C18H22BN3O3S/c1-13-15(20-9-8-17(13)25-11-5-10-24-2)12-26(23)18-21-14-6-3-4-7-16(14)22(18)19/h3-4,6-9H,5,10-12,19H2,1-2H3. The fourth-order valence-electron chi connectivity index (χ4n) is 2.76. The lowest BCUT2D eigenvalue weighted by atomic mass is 10.2. The molecule has 2 aromatic heterocycles. The molecule has 0 N–H and O–H groups in total. The highest BCUT2D eigenvalue weighted by Crippen LogP contribution is 2.25. The lowest BCUT2D eigenvalue weighted by molar-refractivity contribution is 0.172. The van der Waals surface area contributed by atoms with E-state index in [4.69, 9.17) is 9.47 Å². The van der Waals surface area contributed by atoms with Gasteiger partial charge in [-0.3, -0.25) is 4.98 Å². The quantitative estimate of drug-likeness (QED) is 0.343. The third-order valence-electron chi connectivity index (χ3n) is 4.23. The number of hydrogen-bond acceptors (Lipinski definition) is 5. The fraction of sp³-hybridized carbons (Fsp3) is 0.333. The first-order valence-electron chi connectivity index (χ1n) is 8.48. The Balaban J connectivity index is 1.76. The summed E-state index contributed by atoms with van der Waals surface area (Å²) in [6.45, 7) is 3.18. The summed E-state index contributed by atoms with van der Waals surface area (Å²) in [5, 5.41) is 0.554. The maximum Gasteiger partial charge on any atom is 0.311 e. The van der Waals surface area contributed by atoms with Gasteiger partial charge in [0, 0.05) is 43.1 Å². The molecule has 0 fully saturated rings. The summed E-state index contributed by atoms with van der Waals surface area (Å²) in [5.41, 5.74) is 3.49. The Labute approximate surface area is 157 Å². The highest BCUT2D eigenvalue weighted by Gasteiger charge is 2.22. The SMILES string of the molecule is Bn1c([S+]([O-])Cc2nccc(OCCCOC)c2C)nc2ccccc21. The van der Waals surface area contributed by atoms with Gasteiger partial charge < -0.3 is 18.5 Å². The van der Waals surface area contributed by atoms with Crippen LogP contribution in [-0.2, 0) is 21.7 Å². The Hall–Kier alpha value is -2.03. The number of imidazole rings is 1. The topological polar surface area (TPSA) is 72.2 Å². The molecule has 0 saturated heterocycles. The Morgan fingerprint density at radius 2 is 2.04 bits per heavy atom. The van der Waals surface area contributed by atoms with Gasteiger partial charge in [0.05, 0.1) is 23.3 Å². The molecular weight excluding hydrogens is 349 g/mol. The van der Waals surface area contributed by atoms with Crippen LogP contribution in [-0.4, -0.2) is 47.3 Å². The second-order valence-corrected chi connectivity index (χ2v) is 7.35. The lowest BCUT2D eigenvalue weighted by Gasteiger charge is -2.14. The summed E-state index contributed by atoms with van der Waals surface area (Å²) in [6, 6.07) is 9.61. The number of hydrogen-bond donors (Lipinski definition) is 0. The molecule has 0 radical (unpaired) electrons. The third kappa shape index (κ3) is 4.03. The van der Waals surface area contributed by atoms with Crippen molar-refractivity contribution in [2.75, 3.05) is 20.3 Å². The molecule has 26 heavy (non-hydrogen) atoms. The second-order valence-electron chi connectivity index (χ2n) is 6.01. The van der Waals surface area contributed by atoms with Crippen LogP contribution >= 0.6 is 0 Å². The van der Waals surface area contributed by atoms with Crippen LogP contribution in [0.25, 0.3) is 11.0 Å². The summed E-state index contributed by atoms with van der Waals surface area (Å²) in [4.78, 5) is 8.92. The van der Waals surface area contributed by atoms with E-state index in [0.29, 0.717) is 24.1 Å². The van der Waals surface area contributed by atoms with Crippen LogP contribution in [0.5, 0.6) is 5.75 Å². The Bertz CT molecular complexity index is 887. The molecule has 3 rings (SSSR count). The first-order chi connectivity index (χ1) is 12.6. The van der Waals surface area contributed by atoms with Gasteiger partial charge in [0.15, 0.2) is 5.75 Å². The van der Waals surface area contributed by atoms with Crippen LogP contribution in [0.2, 0.25) is 0 Å². The molecule has 0 amide bonds. The molecule has 1 aromatic carbocycles. The van der Waals surface area contributed by atoms with Crippen molar-refractivity contribution >= 4 is 30.2 Å². The number of ether oxygens (including phenoxy) is 2. The molecule has 136 valence electrons. The average molecular weight is 371 g/mol. The summed E-state index contributed by atoms with van der Waals surface area (Å²) < 4.78 is 25.6. The molecule has 6 nitrogen and oxygen atoms in total. The van der Waals surface area contributed by atoms with E-state index in [1.165, 1.54) is 0 Å². The van der Waals surface area contributed by atoms with E-state index in [-0.39, 0.29) is 0 Å². The number of rotatable bonds is 8. The minimum absolute atomic E-state index is 0.304. The van der Waals surface area contributed by atoms with Gasteiger partial charge in [0.25, 0.3) is 0 Å². The zero-order chi connectivity index (χ0) is 18.5. The third-order valence-corrected chi connectivity index (χ3v) is 5.53. The van der Waals surface area contributed by atoms with Gasteiger partial charge in [-0.15, -0.1) is 0 Å². The molecule has 0 bridgehead atoms. The maximum absolute atomic E-state index is 12.9. The van der Waals surface area contributed by atoms with Crippen molar-refractivity contribution in [2.45, 2.75) is 24.3 Å². The number of fused-ring (bicyclic) bond motifs is 1. The van der Waals surface area contributed by atoms with Crippen LogP contribution in [0.4, 0.5) is 0 Å². The number of para-hydroxylation sites is 2. The van der Waals surface area contributed by atoms with Gasteiger partial charge in [0.2, 0.25) is 7.98 Å². The van der Waals surface area contributed by atoms with Gasteiger partial charge in [0.1, 0.15) is 5.75 Å². The van der Waals surface area contributed by atoms with Crippen molar-refractivity contribution in [1.82, 2.24) is 14.4 Å². The molecule has 1 unspecified atom stereocenters. The predicted octanol–water partition coefficient (Wildman–Crippen LogP) is 1.86. The van der Waals surface area contributed by atoms with Gasteiger partial charge in [-0.05, 0) is 25.1 Å². The van der Waals surface area contributed by atoms with Crippen molar-refractivity contribution in [3.63, 3.8) is 0 Å². The molecule has 1 atom stereocenters. The molecule has 0 aliphatic heterocycles. The fourth-order valence-corrected chi connectivity index (χ4v) is 4.03. The number of pyridine rings is 1. The van der Waals surface area contributed by atoms with Crippen molar-refractivity contribution in [3.05, 3.63) is 47.8 Å². The zero-order valence-corrected chi connectivity index (χ0v) is 16.1. The van der Waals surface area contributed by atoms with E-state index in [1.54, 1.807) is 13.3 Å². The molecule has 3 aromatic rings. The Morgan fingerprint density at radius 1 is 1.23 bits per heavy atom. The van der Waals surface area contributed by atoms with Crippen LogP contribution < -0.4 is 4.74 Å². The predicted molar refractivity (Wildman–Crippen MR) is 105 cm³/mol. The molecular formula is C18H22BN3O3S. The van der Waals surface area contributed by atoms with E-state index < -0.39 is 11.2 Å². The van der Waals surface area contributed by atoms with Crippen LogP contribution in [0.1, 0.15) is 17.7 Å². The van der Waals surface area contributed by atoms with E-state index in [2.05, 4.69) is 9.97 Å². The summed E-state index contributed by atoms with van der Waals surface area (Å²) >= 11 is -1.29. The molecule has 0 aliphatic rings. The monoisotopic (exact) mass is 371 g/mol. The molecule has 8 heteroatoms. The first-order valence-corrected chi connectivity index (χ1v) is 9.79. The largest absolute Gasteiger partial charge is 0.609 e. The molecule has 0 spiro atoms. The smallest absolute Gasteiger partial charge is 0.311 e. The average Bonchev–Trinajstić information content (AvgIpc) is 2.99. The number of benzene rings is 1. The van der Waals surface area contributed by atoms with E-state index in [0.717, 1.165) is 34.5 Å².